The maximum atomic E-state index is 4.98. The topological polar surface area (TPSA) is 70.9 Å². The maximum absolute atomic E-state index is 4.98. The van der Waals surface area contributed by atoms with E-state index in [2.05, 4.69) is 57.4 Å². The van der Waals surface area contributed by atoms with E-state index < -0.39 is 0 Å². The number of fused-ring (bicyclic) bond motifs is 1. The molecule has 2 aliphatic rings. The lowest BCUT2D eigenvalue weighted by Gasteiger charge is -2.32. The van der Waals surface area contributed by atoms with Crippen molar-refractivity contribution < 1.29 is 0 Å². The monoisotopic (exact) mass is 447 g/mol. The third-order valence-corrected chi connectivity index (χ3v) is 7.10. The molecular weight excluding hydrogens is 410 g/mol. The van der Waals surface area contributed by atoms with Gasteiger partial charge in [-0.3, -0.25) is 4.90 Å². The standard InChI is InChI=1S/C26H37N7/c1-2-15-27-24-23-25(33(19-28-23)22-11-7-4-8-12-22)31-26(30-24)29-21-13-16-32(17-14-21)18-20-9-5-3-6-10-20/h3,5-6,9-10,19,21-22H,2,4,7-8,11-18H2,1H3,(H2,27,29,30,31). The summed E-state index contributed by atoms with van der Waals surface area (Å²) < 4.78 is 2.31. The molecule has 7 nitrogen and oxygen atoms in total. The first kappa shape index (κ1) is 22.1. The van der Waals surface area contributed by atoms with Gasteiger partial charge in [-0.15, -0.1) is 0 Å². The average molecular weight is 448 g/mol. The van der Waals surface area contributed by atoms with E-state index in [0.717, 1.165) is 68.4 Å². The molecule has 1 saturated heterocycles. The van der Waals surface area contributed by atoms with Gasteiger partial charge in [-0.1, -0.05) is 56.5 Å². The lowest BCUT2D eigenvalue weighted by atomic mass is 9.95. The molecule has 2 fully saturated rings. The zero-order chi connectivity index (χ0) is 22.5. The molecule has 2 N–H and O–H groups in total. The fourth-order valence-electron chi connectivity index (χ4n) is 5.23. The van der Waals surface area contributed by atoms with Gasteiger partial charge in [0.05, 0.1) is 6.33 Å². The van der Waals surface area contributed by atoms with Crippen LogP contribution in [0.5, 0.6) is 0 Å². The van der Waals surface area contributed by atoms with Crippen molar-refractivity contribution in [2.75, 3.05) is 30.3 Å². The number of rotatable bonds is 8. The Kier molecular flexibility index (Phi) is 7.05. The Bertz CT molecular complexity index is 1020. The van der Waals surface area contributed by atoms with Gasteiger partial charge in [0.25, 0.3) is 0 Å². The smallest absolute Gasteiger partial charge is 0.227 e. The van der Waals surface area contributed by atoms with E-state index >= 15 is 0 Å². The lowest BCUT2D eigenvalue weighted by molar-refractivity contribution is 0.211. The van der Waals surface area contributed by atoms with Crippen LogP contribution in [-0.4, -0.2) is 50.1 Å². The molecule has 0 spiro atoms. The second-order valence-corrected chi connectivity index (χ2v) is 9.62. The molecule has 0 bridgehead atoms. The molecule has 5 rings (SSSR count). The van der Waals surface area contributed by atoms with Crippen molar-refractivity contribution in [2.24, 2.45) is 0 Å². The van der Waals surface area contributed by atoms with Crippen LogP contribution in [0.15, 0.2) is 36.7 Å². The predicted octanol–water partition coefficient (Wildman–Crippen LogP) is 5.23. The first-order chi connectivity index (χ1) is 16.3. The van der Waals surface area contributed by atoms with E-state index in [1.54, 1.807) is 0 Å². The van der Waals surface area contributed by atoms with Gasteiger partial charge in [0.2, 0.25) is 5.95 Å². The molecule has 1 aliphatic carbocycles. The maximum Gasteiger partial charge on any atom is 0.227 e. The number of likely N-dealkylation sites (tertiary alicyclic amines) is 1. The molecule has 0 atom stereocenters. The minimum absolute atomic E-state index is 0.402. The Morgan fingerprint density at radius 2 is 1.76 bits per heavy atom. The van der Waals surface area contributed by atoms with Crippen LogP contribution in [0.25, 0.3) is 11.2 Å². The summed E-state index contributed by atoms with van der Waals surface area (Å²) in [5.74, 6) is 1.60. The highest BCUT2D eigenvalue weighted by atomic mass is 15.2. The fourth-order valence-corrected chi connectivity index (χ4v) is 5.23. The molecule has 33 heavy (non-hydrogen) atoms. The van der Waals surface area contributed by atoms with Gasteiger partial charge < -0.3 is 15.2 Å². The van der Waals surface area contributed by atoms with E-state index in [-0.39, 0.29) is 0 Å². The van der Waals surface area contributed by atoms with E-state index in [1.807, 2.05) is 6.33 Å². The Balaban J connectivity index is 1.30. The molecule has 1 aliphatic heterocycles. The fraction of sp³-hybridized carbons (Fsp3) is 0.577. The number of anilines is 2. The molecule has 2 aromatic heterocycles. The van der Waals surface area contributed by atoms with Crippen LogP contribution in [-0.2, 0) is 6.54 Å². The van der Waals surface area contributed by atoms with E-state index in [0.29, 0.717) is 12.1 Å². The van der Waals surface area contributed by atoms with Crippen LogP contribution in [0.1, 0.15) is 69.9 Å². The number of imidazole rings is 1. The van der Waals surface area contributed by atoms with Crippen molar-refractivity contribution in [1.82, 2.24) is 24.4 Å². The van der Waals surface area contributed by atoms with Gasteiger partial charge in [0, 0.05) is 38.3 Å². The van der Waals surface area contributed by atoms with Crippen LogP contribution in [0.4, 0.5) is 11.8 Å². The molecule has 176 valence electrons. The zero-order valence-electron chi connectivity index (χ0n) is 19.8. The number of hydrogen-bond donors (Lipinski definition) is 2. The minimum atomic E-state index is 0.402. The molecule has 1 saturated carbocycles. The number of piperidine rings is 1. The Labute approximate surface area is 197 Å². The molecule has 1 aromatic carbocycles. The lowest BCUT2D eigenvalue weighted by Crippen LogP contribution is -2.39. The SMILES string of the molecule is CCCNc1nc(NC2CCN(Cc3ccccc3)CC2)nc2c1ncn2C1CCCCC1. The van der Waals surface area contributed by atoms with Gasteiger partial charge in [0.15, 0.2) is 17.0 Å². The summed E-state index contributed by atoms with van der Waals surface area (Å²) in [5, 5.41) is 7.15. The van der Waals surface area contributed by atoms with Gasteiger partial charge in [-0.25, -0.2) is 4.98 Å². The van der Waals surface area contributed by atoms with Crippen LogP contribution < -0.4 is 10.6 Å². The van der Waals surface area contributed by atoms with Crippen molar-refractivity contribution >= 4 is 22.9 Å². The first-order valence-corrected chi connectivity index (χ1v) is 12.8. The molecule has 3 heterocycles. The second-order valence-electron chi connectivity index (χ2n) is 9.62. The number of nitrogens with one attached hydrogen (secondary N) is 2. The highest BCUT2D eigenvalue weighted by Crippen LogP contribution is 2.32. The van der Waals surface area contributed by atoms with E-state index in [4.69, 9.17) is 15.0 Å². The van der Waals surface area contributed by atoms with E-state index in [1.165, 1.54) is 37.7 Å². The third kappa shape index (κ3) is 5.29. The van der Waals surface area contributed by atoms with Gasteiger partial charge in [-0.2, -0.15) is 9.97 Å². The van der Waals surface area contributed by atoms with Crippen LogP contribution >= 0.6 is 0 Å². The average Bonchev–Trinajstić information content (AvgIpc) is 3.29. The second kappa shape index (κ2) is 10.5. The van der Waals surface area contributed by atoms with Crippen LogP contribution in [0.3, 0.4) is 0 Å². The quantitative estimate of drug-likeness (QED) is 0.493. The molecule has 7 heteroatoms. The van der Waals surface area contributed by atoms with Gasteiger partial charge in [-0.05, 0) is 37.7 Å². The van der Waals surface area contributed by atoms with Crippen molar-refractivity contribution in [3.63, 3.8) is 0 Å². The zero-order valence-corrected chi connectivity index (χ0v) is 19.8. The van der Waals surface area contributed by atoms with Crippen LogP contribution in [0, 0.1) is 0 Å². The third-order valence-electron chi connectivity index (χ3n) is 7.10. The molecule has 0 radical (unpaired) electrons. The van der Waals surface area contributed by atoms with Gasteiger partial charge >= 0.3 is 0 Å². The summed E-state index contributed by atoms with van der Waals surface area (Å²) in [6.45, 7) is 6.28. The number of hydrogen-bond acceptors (Lipinski definition) is 6. The van der Waals surface area contributed by atoms with E-state index in [9.17, 15) is 0 Å². The Morgan fingerprint density at radius 1 is 0.970 bits per heavy atom. The summed E-state index contributed by atoms with van der Waals surface area (Å²) in [7, 11) is 0. The Hall–Kier alpha value is -2.67. The highest BCUT2D eigenvalue weighted by Gasteiger charge is 2.23. The number of aromatic nitrogens is 4. The van der Waals surface area contributed by atoms with Crippen molar-refractivity contribution in [3.05, 3.63) is 42.2 Å². The first-order valence-electron chi connectivity index (χ1n) is 12.8. The summed E-state index contributed by atoms with van der Waals surface area (Å²) in [4.78, 5) is 17.1. The normalized spacial score (nSPS) is 18.6. The largest absolute Gasteiger partial charge is 0.368 e. The number of benzene rings is 1. The van der Waals surface area contributed by atoms with Crippen LogP contribution in [0.2, 0.25) is 0 Å². The van der Waals surface area contributed by atoms with Crippen molar-refractivity contribution in [1.29, 1.82) is 0 Å². The molecule has 3 aromatic rings. The summed E-state index contributed by atoms with van der Waals surface area (Å²) in [5.41, 5.74) is 3.26. The summed E-state index contributed by atoms with van der Waals surface area (Å²) in [6, 6.07) is 11.7. The number of nitrogens with zero attached hydrogens (tertiary/aromatic N) is 5. The van der Waals surface area contributed by atoms with Crippen molar-refractivity contribution in [3.8, 4) is 0 Å². The predicted molar refractivity (Wildman–Crippen MR) is 135 cm³/mol. The summed E-state index contributed by atoms with van der Waals surface area (Å²) >= 11 is 0. The summed E-state index contributed by atoms with van der Waals surface area (Å²) in [6.07, 6.45) is 11.6. The van der Waals surface area contributed by atoms with Crippen molar-refractivity contribution in [2.45, 2.75) is 76.9 Å². The Morgan fingerprint density at radius 3 is 2.52 bits per heavy atom. The highest BCUT2D eigenvalue weighted by molar-refractivity contribution is 5.84. The van der Waals surface area contributed by atoms with Gasteiger partial charge in [0.1, 0.15) is 0 Å². The molecule has 0 amide bonds. The minimum Gasteiger partial charge on any atom is -0.368 e. The molecule has 0 unspecified atom stereocenters. The molecular formula is C26H37N7.